The molecule has 2 amide bonds. The van der Waals surface area contributed by atoms with Crippen molar-refractivity contribution in [3.8, 4) is 5.75 Å². The van der Waals surface area contributed by atoms with Crippen molar-refractivity contribution < 1.29 is 9.53 Å². The number of amides is 2. The number of hydrogen-bond donors (Lipinski definition) is 3. The number of carbonyl (C=O) groups excluding carboxylic acids is 1. The summed E-state index contributed by atoms with van der Waals surface area (Å²) in [5.41, 5.74) is 0.637. The maximum absolute atomic E-state index is 12.0. The van der Waals surface area contributed by atoms with E-state index in [0.29, 0.717) is 0 Å². The van der Waals surface area contributed by atoms with E-state index in [1.807, 2.05) is 24.3 Å². The van der Waals surface area contributed by atoms with Gasteiger partial charge in [0.25, 0.3) is 0 Å². The van der Waals surface area contributed by atoms with E-state index >= 15 is 0 Å². The lowest BCUT2D eigenvalue weighted by Crippen LogP contribution is -2.53. The molecule has 5 heteroatoms. The van der Waals surface area contributed by atoms with Crippen molar-refractivity contribution in [1.82, 2.24) is 10.6 Å². The van der Waals surface area contributed by atoms with E-state index in [4.69, 9.17) is 4.74 Å². The summed E-state index contributed by atoms with van der Waals surface area (Å²) in [6, 6.07) is 7.13. The molecule has 1 aliphatic rings. The highest BCUT2D eigenvalue weighted by molar-refractivity contribution is 5.89. The van der Waals surface area contributed by atoms with Crippen LogP contribution >= 0.6 is 0 Å². The van der Waals surface area contributed by atoms with Crippen LogP contribution < -0.4 is 20.7 Å². The first-order valence-electron chi connectivity index (χ1n) is 6.55. The number of piperidine rings is 1. The lowest BCUT2D eigenvalue weighted by Gasteiger charge is -2.34. The van der Waals surface area contributed by atoms with Gasteiger partial charge in [-0.3, -0.25) is 0 Å². The predicted octanol–water partition coefficient (Wildman–Crippen LogP) is 1.96. The zero-order valence-corrected chi connectivity index (χ0v) is 11.5. The molecule has 1 heterocycles. The fraction of sp³-hybridized carbons (Fsp3) is 0.500. The zero-order valence-electron chi connectivity index (χ0n) is 11.5. The molecule has 0 aromatic heterocycles. The summed E-state index contributed by atoms with van der Waals surface area (Å²) in [7, 11) is 1.62. The van der Waals surface area contributed by atoms with Gasteiger partial charge in [0.05, 0.1) is 7.11 Å². The number of nitrogens with one attached hydrogen (secondary N) is 3. The third-order valence-electron chi connectivity index (χ3n) is 3.47. The molecule has 0 saturated carbocycles. The predicted molar refractivity (Wildman–Crippen MR) is 75.7 cm³/mol. The summed E-state index contributed by atoms with van der Waals surface area (Å²) in [5.74, 6) is 0.774. The first-order chi connectivity index (χ1) is 9.11. The van der Waals surface area contributed by atoms with Crippen LogP contribution in [-0.4, -0.2) is 31.8 Å². The third-order valence-corrected chi connectivity index (χ3v) is 3.47. The molecule has 19 heavy (non-hydrogen) atoms. The van der Waals surface area contributed by atoms with Crippen LogP contribution in [0.1, 0.15) is 19.8 Å². The first-order valence-corrected chi connectivity index (χ1v) is 6.55. The van der Waals surface area contributed by atoms with E-state index < -0.39 is 0 Å². The molecule has 0 radical (unpaired) electrons. The highest BCUT2D eigenvalue weighted by atomic mass is 16.5. The quantitative estimate of drug-likeness (QED) is 0.781. The van der Waals surface area contributed by atoms with Crippen LogP contribution in [0, 0.1) is 0 Å². The minimum Gasteiger partial charge on any atom is -0.497 e. The number of benzene rings is 1. The van der Waals surface area contributed by atoms with Crippen LogP contribution in [0.25, 0.3) is 0 Å². The normalized spacial score (nSPS) is 17.6. The maximum Gasteiger partial charge on any atom is 0.319 e. The van der Waals surface area contributed by atoms with Gasteiger partial charge in [0, 0.05) is 11.2 Å². The van der Waals surface area contributed by atoms with Crippen LogP contribution in [0.3, 0.4) is 0 Å². The number of rotatable bonds is 3. The number of anilines is 1. The minimum absolute atomic E-state index is 0.123. The summed E-state index contributed by atoms with van der Waals surface area (Å²) in [5, 5.41) is 9.18. The second-order valence-electron chi connectivity index (χ2n) is 5.12. The third kappa shape index (κ3) is 3.86. The molecule has 1 aromatic carbocycles. The number of urea groups is 1. The lowest BCUT2D eigenvalue weighted by atomic mass is 9.91. The van der Waals surface area contributed by atoms with E-state index in [1.54, 1.807) is 7.11 Å². The fourth-order valence-electron chi connectivity index (χ4n) is 2.21. The summed E-state index contributed by atoms with van der Waals surface area (Å²) >= 11 is 0. The fourth-order valence-corrected chi connectivity index (χ4v) is 2.21. The topological polar surface area (TPSA) is 62.4 Å². The van der Waals surface area contributed by atoms with Crippen molar-refractivity contribution in [2.75, 3.05) is 25.5 Å². The molecule has 2 rings (SSSR count). The van der Waals surface area contributed by atoms with Gasteiger partial charge in [0.1, 0.15) is 5.75 Å². The molecule has 0 atom stereocenters. The largest absolute Gasteiger partial charge is 0.497 e. The van der Waals surface area contributed by atoms with Gasteiger partial charge in [-0.05, 0) is 57.1 Å². The Morgan fingerprint density at radius 1 is 1.26 bits per heavy atom. The minimum atomic E-state index is -0.158. The average Bonchev–Trinajstić information content (AvgIpc) is 2.39. The van der Waals surface area contributed by atoms with Crippen LogP contribution in [-0.2, 0) is 0 Å². The van der Waals surface area contributed by atoms with Gasteiger partial charge in [-0.15, -0.1) is 0 Å². The second-order valence-corrected chi connectivity index (χ2v) is 5.12. The summed E-state index contributed by atoms with van der Waals surface area (Å²) in [6.45, 7) is 3.97. The molecular weight excluding hydrogens is 242 g/mol. The van der Waals surface area contributed by atoms with Crippen LogP contribution in [0.2, 0.25) is 0 Å². The Labute approximate surface area is 113 Å². The molecule has 1 saturated heterocycles. The smallest absolute Gasteiger partial charge is 0.319 e. The van der Waals surface area contributed by atoms with Gasteiger partial charge in [-0.1, -0.05) is 0 Å². The number of carbonyl (C=O) groups is 1. The van der Waals surface area contributed by atoms with E-state index in [1.165, 1.54) is 0 Å². The van der Waals surface area contributed by atoms with Gasteiger partial charge in [0.2, 0.25) is 0 Å². The molecule has 0 bridgehead atoms. The Hall–Kier alpha value is -1.75. The molecule has 5 nitrogen and oxygen atoms in total. The van der Waals surface area contributed by atoms with E-state index in [0.717, 1.165) is 37.4 Å². The van der Waals surface area contributed by atoms with Gasteiger partial charge < -0.3 is 20.7 Å². The molecule has 0 unspecified atom stereocenters. The number of hydrogen-bond acceptors (Lipinski definition) is 3. The van der Waals surface area contributed by atoms with Crippen LogP contribution in [0.15, 0.2) is 24.3 Å². The van der Waals surface area contributed by atoms with Crippen molar-refractivity contribution in [2.45, 2.75) is 25.3 Å². The monoisotopic (exact) mass is 263 g/mol. The standard InChI is InChI=1S/C14H21N3O2/c1-14(7-9-15-10-8-14)17-13(18)16-11-3-5-12(19-2)6-4-11/h3-6,15H,7-10H2,1-2H3,(H2,16,17,18). The van der Waals surface area contributed by atoms with Gasteiger partial charge >= 0.3 is 6.03 Å². The van der Waals surface area contributed by atoms with Gasteiger partial charge in [-0.25, -0.2) is 4.79 Å². The van der Waals surface area contributed by atoms with Crippen molar-refractivity contribution in [3.63, 3.8) is 0 Å². The summed E-state index contributed by atoms with van der Waals surface area (Å²) < 4.78 is 5.08. The SMILES string of the molecule is COc1ccc(NC(=O)NC2(C)CCNCC2)cc1. The maximum atomic E-state index is 12.0. The molecule has 1 aliphatic heterocycles. The Morgan fingerprint density at radius 2 is 1.89 bits per heavy atom. The van der Waals surface area contributed by atoms with Gasteiger partial charge in [-0.2, -0.15) is 0 Å². The summed E-state index contributed by atoms with van der Waals surface area (Å²) in [6.07, 6.45) is 1.89. The van der Waals surface area contributed by atoms with Crippen LogP contribution in [0.5, 0.6) is 5.75 Å². The zero-order chi connectivity index (χ0) is 13.7. The molecular formula is C14H21N3O2. The van der Waals surface area contributed by atoms with Crippen molar-refractivity contribution in [2.24, 2.45) is 0 Å². The summed E-state index contributed by atoms with van der Waals surface area (Å²) in [4.78, 5) is 12.0. The van der Waals surface area contributed by atoms with E-state index in [-0.39, 0.29) is 11.6 Å². The Kier molecular flexibility index (Phi) is 4.27. The highest BCUT2D eigenvalue weighted by Crippen LogP contribution is 2.18. The number of methoxy groups -OCH3 is 1. The van der Waals surface area contributed by atoms with Crippen LogP contribution in [0.4, 0.5) is 10.5 Å². The first kappa shape index (κ1) is 13.7. The second kappa shape index (κ2) is 5.93. The van der Waals surface area contributed by atoms with Crippen molar-refractivity contribution in [1.29, 1.82) is 0 Å². The van der Waals surface area contributed by atoms with Crippen molar-refractivity contribution >= 4 is 11.7 Å². The van der Waals surface area contributed by atoms with E-state index in [2.05, 4.69) is 22.9 Å². The van der Waals surface area contributed by atoms with Gasteiger partial charge in [0.15, 0.2) is 0 Å². The average molecular weight is 263 g/mol. The molecule has 0 aliphatic carbocycles. The molecule has 104 valence electrons. The number of ether oxygens (including phenoxy) is 1. The molecule has 0 spiro atoms. The molecule has 1 aromatic rings. The Balaban J connectivity index is 1.89. The molecule has 3 N–H and O–H groups in total. The lowest BCUT2D eigenvalue weighted by molar-refractivity contribution is 0.225. The Morgan fingerprint density at radius 3 is 2.47 bits per heavy atom. The highest BCUT2D eigenvalue weighted by Gasteiger charge is 2.28. The van der Waals surface area contributed by atoms with E-state index in [9.17, 15) is 4.79 Å². The Bertz CT molecular complexity index is 425. The molecule has 1 fully saturated rings. The van der Waals surface area contributed by atoms with Crippen molar-refractivity contribution in [3.05, 3.63) is 24.3 Å².